The number of methoxy groups -OCH3 is 1. The number of nitrogens with one attached hydrogen (secondary N) is 1. The van der Waals surface area contributed by atoms with E-state index in [9.17, 15) is 4.79 Å². The van der Waals surface area contributed by atoms with Gasteiger partial charge in [-0.25, -0.2) is 0 Å². The number of amides is 1. The molecule has 7 nitrogen and oxygen atoms in total. The fraction of sp³-hybridized carbons (Fsp3) is 0.211. The number of hydrogen-bond acceptors (Lipinski definition) is 6. The number of benzene rings is 2. The van der Waals surface area contributed by atoms with Crippen LogP contribution in [0.15, 0.2) is 53.4 Å². The van der Waals surface area contributed by atoms with Crippen molar-refractivity contribution in [3.63, 3.8) is 0 Å². The molecular weight excluding hydrogens is 334 g/mol. The predicted molar refractivity (Wildman–Crippen MR) is 94.0 cm³/mol. The van der Waals surface area contributed by atoms with Crippen LogP contribution in [0.25, 0.3) is 11.4 Å². The first kappa shape index (κ1) is 16.1. The van der Waals surface area contributed by atoms with Crippen LogP contribution in [0.5, 0.6) is 11.5 Å². The van der Waals surface area contributed by atoms with Gasteiger partial charge < -0.3 is 19.3 Å². The molecule has 7 heteroatoms. The highest BCUT2D eigenvalue weighted by Gasteiger charge is 2.26. The van der Waals surface area contributed by atoms with E-state index in [-0.39, 0.29) is 11.8 Å². The summed E-state index contributed by atoms with van der Waals surface area (Å²) in [7, 11) is 1.62. The molecule has 1 aromatic heterocycles. The fourth-order valence-electron chi connectivity index (χ4n) is 2.91. The van der Waals surface area contributed by atoms with E-state index in [1.165, 1.54) is 6.39 Å². The van der Waals surface area contributed by atoms with E-state index in [2.05, 4.69) is 15.5 Å². The third kappa shape index (κ3) is 3.23. The summed E-state index contributed by atoms with van der Waals surface area (Å²) in [5, 5.41) is 6.71. The smallest absolute Gasteiger partial charge is 0.231 e. The van der Waals surface area contributed by atoms with Crippen LogP contribution in [0.2, 0.25) is 0 Å². The second-order valence-electron chi connectivity index (χ2n) is 6.01. The molecule has 4 rings (SSSR count). The number of carbonyl (C=O) groups excluding carboxylic acids is 1. The van der Waals surface area contributed by atoms with Gasteiger partial charge in [-0.05, 0) is 54.4 Å². The molecule has 0 bridgehead atoms. The molecule has 0 saturated carbocycles. The van der Waals surface area contributed by atoms with Crippen LogP contribution in [0.1, 0.15) is 5.56 Å². The molecule has 0 fully saturated rings. The minimum absolute atomic E-state index is 0.0780. The molecule has 26 heavy (non-hydrogen) atoms. The van der Waals surface area contributed by atoms with Crippen molar-refractivity contribution >= 4 is 11.6 Å². The van der Waals surface area contributed by atoms with Crippen molar-refractivity contribution in [2.45, 2.75) is 6.42 Å². The van der Waals surface area contributed by atoms with Crippen molar-refractivity contribution in [1.29, 1.82) is 0 Å². The van der Waals surface area contributed by atoms with Crippen LogP contribution in [-0.4, -0.2) is 29.8 Å². The molecule has 0 radical (unpaired) electrons. The average Bonchev–Trinajstić information content (AvgIpc) is 3.22. The van der Waals surface area contributed by atoms with E-state index in [1.54, 1.807) is 7.11 Å². The van der Waals surface area contributed by atoms with Gasteiger partial charge in [0.1, 0.15) is 18.1 Å². The molecule has 132 valence electrons. The van der Waals surface area contributed by atoms with Crippen molar-refractivity contribution in [3.05, 3.63) is 54.4 Å². The Morgan fingerprint density at radius 1 is 1.23 bits per heavy atom. The first-order valence-electron chi connectivity index (χ1n) is 8.20. The minimum Gasteiger partial charge on any atom is -0.497 e. The van der Waals surface area contributed by atoms with E-state index >= 15 is 0 Å². The number of hydrogen-bond donors (Lipinski definition) is 1. The molecule has 2 aromatic carbocycles. The van der Waals surface area contributed by atoms with Crippen LogP contribution in [0.4, 0.5) is 5.69 Å². The second kappa shape index (κ2) is 6.87. The third-order valence-electron chi connectivity index (χ3n) is 4.32. The topological polar surface area (TPSA) is 86.5 Å². The van der Waals surface area contributed by atoms with Gasteiger partial charge in [0.2, 0.25) is 18.1 Å². The number of aromatic nitrogens is 2. The number of rotatable bonds is 4. The minimum atomic E-state index is -0.258. The van der Waals surface area contributed by atoms with Gasteiger partial charge in [0, 0.05) is 11.3 Å². The SMILES string of the molecule is COc1ccc2c(c1)CC(C(=O)Nc1ccc(-c3ncon3)cc1)CO2. The summed E-state index contributed by atoms with van der Waals surface area (Å²) >= 11 is 0. The molecule has 1 atom stereocenters. The highest BCUT2D eigenvalue weighted by atomic mass is 16.5. The standard InChI is InChI=1S/C19H17N3O4/c1-24-16-6-7-17-13(9-16)8-14(10-25-17)19(23)21-15-4-2-12(3-5-15)18-20-11-26-22-18/h2-7,9,11,14H,8,10H2,1H3,(H,21,23). The molecular formula is C19H17N3O4. The Morgan fingerprint density at radius 3 is 2.81 bits per heavy atom. The van der Waals surface area contributed by atoms with Crippen molar-refractivity contribution < 1.29 is 18.8 Å². The number of anilines is 1. The Labute approximate surface area is 149 Å². The highest BCUT2D eigenvalue weighted by molar-refractivity contribution is 5.93. The maximum Gasteiger partial charge on any atom is 0.231 e. The lowest BCUT2D eigenvalue weighted by Crippen LogP contribution is -2.32. The Kier molecular flexibility index (Phi) is 4.27. The normalized spacial score (nSPS) is 15.7. The fourth-order valence-corrected chi connectivity index (χ4v) is 2.91. The number of fused-ring (bicyclic) bond motifs is 1. The highest BCUT2D eigenvalue weighted by Crippen LogP contribution is 2.31. The Balaban J connectivity index is 1.43. The summed E-state index contributed by atoms with van der Waals surface area (Å²) in [6.45, 7) is 0.353. The van der Waals surface area contributed by atoms with Gasteiger partial charge in [-0.1, -0.05) is 5.16 Å². The van der Waals surface area contributed by atoms with E-state index in [0.29, 0.717) is 24.5 Å². The van der Waals surface area contributed by atoms with Crippen molar-refractivity contribution in [3.8, 4) is 22.9 Å². The van der Waals surface area contributed by atoms with Crippen molar-refractivity contribution in [2.24, 2.45) is 5.92 Å². The van der Waals surface area contributed by atoms with E-state index < -0.39 is 0 Å². The molecule has 0 saturated heterocycles. The maximum atomic E-state index is 12.6. The molecule has 1 amide bonds. The monoisotopic (exact) mass is 351 g/mol. The van der Waals surface area contributed by atoms with Crippen LogP contribution >= 0.6 is 0 Å². The van der Waals surface area contributed by atoms with Gasteiger partial charge in [0.25, 0.3) is 0 Å². The Morgan fingerprint density at radius 2 is 2.08 bits per heavy atom. The van der Waals surface area contributed by atoms with Crippen LogP contribution in [0, 0.1) is 5.92 Å². The number of carbonyl (C=O) groups is 1. The summed E-state index contributed by atoms with van der Waals surface area (Å²) in [6.07, 6.45) is 1.89. The largest absolute Gasteiger partial charge is 0.497 e. The van der Waals surface area contributed by atoms with E-state index in [0.717, 1.165) is 22.6 Å². The molecule has 3 aromatic rings. The lowest BCUT2D eigenvalue weighted by atomic mass is 9.95. The van der Waals surface area contributed by atoms with Gasteiger partial charge in [0.15, 0.2) is 0 Å². The lowest BCUT2D eigenvalue weighted by Gasteiger charge is -2.25. The Bertz CT molecular complexity index is 907. The maximum absolute atomic E-state index is 12.6. The van der Waals surface area contributed by atoms with Gasteiger partial charge in [-0.15, -0.1) is 0 Å². The average molecular weight is 351 g/mol. The summed E-state index contributed by atoms with van der Waals surface area (Å²) in [5.41, 5.74) is 2.50. The molecule has 0 aliphatic carbocycles. The third-order valence-corrected chi connectivity index (χ3v) is 4.32. The lowest BCUT2D eigenvalue weighted by molar-refractivity contribution is -0.121. The van der Waals surface area contributed by atoms with Crippen LogP contribution < -0.4 is 14.8 Å². The van der Waals surface area contributed by atoms with Gasteiger partial charge in [0.05, 0.1) is 13.0 Å². The molecule has 1 unspecified atom stereocenters. The number of nitrogens with zero attached hydrogens (tertiary/aromatic N) is 2. The molecule has 2 heterocycles. The quantitative estimate of drug-likeness (QED) is 0.778. The summed E-state index contributed by atoms with van der Waals surface area (Å²) in [5.74, 6) is 1.73. The van der Waals surface area contributed by atoms with Crippen molar-refractivity contribution in [1.82, 2.24) is 10.1 Å². The second-order valence-corrected chi connectivity index (χ2v) is 6.01. The molecule has 0 spiro atoms. The zero-order valence-electron chi connectivity index (χ0n) is 14.1. The summed E-state index contributed by atoms with van der Waals surface area (Å²) in [6, 6.07) is 12.9. The molecule has 1 aliphatic heterocycles. The zero-order chi connectivity index (χ0) is 17.9. The predicted octanol–water partition coefficient (Wildman–Crippen LogP) is 2.94. The van der Waals surface area contributed by atoms with Crippen LogP contribution in [-0.2, 0) is 11.2 Å². The van der Waals surface area contributed by atoms with E-state index in [4.69, 9.17) is 14.0 Å². The van der Waals surface area contributed by atoms with Gasteiger partial charge >= 0.3 is 0 Å². The Hall–Kier alpha value is -3.35. The summed E-state index contributed by atoms with van der Waals surface area (Å²) in [4.78, 5) is 16.6. The first-order valence-corrected chi connectivity index (χ1v) is 8.20. The first-order chi connectivity index (χ1) is 12.7. The van der Waals surface area contributed by atoms with Crippen molar-refractivity contribution in [2.75, 3.05) is 19.0 Å². The van der Waals surface area contributed by atoms with Crippen LogP contribution in [0.3, 0.4) is 0 Å². The van der Waals surface area contributed by atoms with E-state index in [1.807, 2.05) is 42.5 Å². The van der Waals surface area contributed by atoms with Gasteiger partial charge in [-0.3, -0.25) is 4.79 Å². The zero-order valence-corrected chi connectivity index (χ0v) is 14.1. The molecule has 1 N–H and O–H groups in total. The molecule has 1 aliphatic rings. The number of ether oxygens (including phenoxy) is 2. The summed E-state index contributed by atoms with van der Waals surface area (Å²) < 4.78 is 15.7. The van der Waals surface area contributed by atoms with Gasteiger partial charge in [-0.2, -0.15) is 4.98 Å².